The van der Waals surface area contributed by atoms with Gasteiger partial charge in [0.2, 0.25) is 0 Å². The summed E-state index contributed by atoms with van der Waals surface area (Å²) in [6, 6.07) is 7.86. The topological polar surface area (TPSA) is 101 Å². The van der Waals surface area contributed by atoms with E-state index in [1.807, 2.05) is 36.2 Å². The molecule has 8 nitrogen and oxygen atoms in total. The van der Waals surface area contributed by atoms with Gasteiger partial charge in [0.15, 0.2) is 0 Å². The van der Waals surface area contributed by atoms with Gasteiger partial charge in [-0.25, -0.2) is 0 Å². The summed E-state index contributed by atoms with van der Waals surface area (Å²) in [5.41, 5.74) is 2.10. The second-order valence-electron chi connectivity index (χ2n) is 6.73. The summed E-state index contributed by atoms with van der Waals surface area (Å²) in [6.07, 6.45) is 1.29. The first kappa shape index (κ1) is 22.8. The minimum Gasteiger partial charge on any atom is -0.480 e. The zero-order chi connectivity index (χ0) is 20.2. The van der Waals surface area contributed by atoms with Crippen LogP contribution in [0.1, 0.15) is 11.1 Å². The molecule has 1 aromatic rings. The Balaban J connectivity index is 2.46. The molecular weight excluding hydrogens is 350 g/mol. The average Bonchev–Trinajstić information content (AvgIpc) is 2.58. The molecule has 1 aromatic carbocycles. The highest BCUT2D eigenvalue weighted by molar-refractivity contribution is 5.69. The number of carboxylic acids is 2. The van der Waals surface area contributed by atoms with Crippen LogP contribution in [0.2, 0.25) is 0 Å². The highest BCUT2D eigenvalue weighted by Crippen LogP contribution is 2.07. The van der Waals surface area contributed by atoms with Crippen molar-refractivity contribution in [1.29, 1.82) is 0 Å². The Morgan fingerprint density at radius 2 is 1.37 bits per heavy atom. The van der Waals surface area contributed by atoms with Gasteiger partial charge in [0.25, 0.3) is 0 Å². The number of aliphatic carboxylic acids is 2. The van der Waals surface area contributed by atoms with Gasteiger partial charge in [-0.1, -0.05) is 24.3 Å². The molecule has 0 fully saturated rings. The maximum absolute atomic E-state index is 11.1. The normalized spacial score (nSPS) is 11.3. The van der Waals surface area contributed by atoms with Gasteiger partial charge in [-0.05, 0) is 25.2 Å². The minimum atomic E-state index is -0.902. The molecule has 0 saturated carbocycles. The highest BCUT2D eigenvalue weighted by atomic mass is 16.4. The molecule has 150 valence electrons. The lowest BCUT2D eigenvalue weighted by atomic mass is 10.1. The molecule has 0 aliphatic heterocycles. The summed E-state index contributed by atoms with van der Waals surface area (Å²) in [7, 11) is 3.67. The lowest BCUT2D eigenvalue weighted by molar-refractivity contribution is -0.140. The number of hydrogen-bond acceptors (Lipinski definition) is 6. The highest BCUT2D eigenvalue weighted by Gasteiger charge is 2.13. The van der Waals surface area contributed by atoms with Gasteiger partial charge in [-0.2, -0.15) is 0 Å². The van der Waals surface area contributed by atoms with Gasteiger partial charge in [-0.3, -0.25) is 19.4 Å². The third-order valence-corrected chi connectivity index (χ3v) is 4.15. The first-order valence-electron chi connectivity index (χ1n) is 8.84. The number of likely N-dealkylation sites (N-methyl/N-ethyl adjacent to an activating group) is 2. The van der Waals surface area contributed by atoms with Crippen molar-refractivity contribution in [3.63, 3.8) is 0 Å². The average molecular weight is 379 g/mol. The number of carbonyl (C=O) groups is 3. The van der Waals surface area contributed by atoms with Crippen molar-refractivity contribution in [3.05, 3.63) is 35.4 Å². The Bertz CT molecular complexity index is 606. The molecule has 0 saturated heterocycles. The van der Waals surface area contributed by atoms with Crippen LogP contribution in [-0.2, 0) is 27.3 Å². The summed E-state index contributed by atoms with van der Waals surface area (Å²) in [5, 5.41) is 17.9. The Morgan fingerprint density at radius 3 is 1.89 bits per heavy atom. The Morgan fingerprint density at radius 1 is 0.852 bits per heavy atom. The molecule has 2 N–H and O–H groups in total. The van der Waals surface area contributed by atoms with E-state index >= 15 is 0 Å². The fraction of sp³-hybridized carbons (Fsp3) is 0.526. The maximum atomic E-state index is 11.1. The van der Waals surface area contributed by atoms with E-state index in [-0.39, 0.29) is 13.1 Å². The van der Waals surface area contributed by atoms with Crippen molar-refractivity contribution in [2.75, 3.05) is 53.4 Å². The zero-order valence-electron chi connectivity index (χ0n) is 16.0. The van der Waals surface area contributed by atoms with Crippen LogP contribution in [0.15, 0.2) is 24.3 Å². The van der Waals surface area contributed by atoms with Gasteiger partial charge in [0.1, 0.15) is 6.29 Å². The molecule has 0 aliphatic rings. The fourth-order valence-corrected chi connectivity index (χ4v) is 2.66. The Labute approximate surface area is 160 Å². The van der Waals surface area contributed by atoms with Crippen LogP contribution in [0.4, 0.5) is 0 Å². The van der Waals surface area contributed by atoms with Crippen molar-refractivity contribution >= 4 is 18.2 Å². The van der Waals surface area contributed by atoms with Gasteiger partial charge in [0.05, 0.1) is 13.1 Å². The Kier molecular flexibility index (Phi) is 10.2. The van der Waals surface area contributed by atoms with E-state index in [9.17, 15) is 14.4 Å². The number of rotatable bonds is 14. The quantitative estimate of drug-likeness (QED) is 0.444. The number of hydrogen-bond donors (Lipinski definition) is 2. The fourth-order valence-electron chi connectivity index (χ4n) is 2.66. The number of aldehydes is 1. The summed E-state index contributed by atoms with van der Waals surface area (Å²) in [6.45, 7) is 2.82. The van der Waals surface area contributed by atoms with Crippen molar-refractivity contribution in [3.8, 4) is 0 Å². The molecule has 27 heavy (non-hydrogen) atoms. The first-order chi connectivity index (χ1) is 12.8. The number of carboxylic acid groups (broad SMARTS) is 2. The van der Waals surface area contributed by atoms with Gasteiger partial charge >= 0.3 is 11.9 Å². The smallest absolute Gasteiger partial charge is 0.317 e. The number of carbonyl (C=O) groups excluding carboxylic acids is 1. The van der Waals surface area contributed by atoms with Crippen LogP contribution in [0, 0.1) is 0 Å². The lowest BCUT2D eigenvalue weighted by Crippen LogP contribution is -2.41. The molecule has 0 spiro atoms. The van der Waals surface area contributed by atoms with Crippen LogP contribution in [0.3, 0.4) is 0 Å². The zero-order valence-corrected chi connectivity index (χ0v) is 16.0. The van der Waals surface area contributed by atoms with E-state index in [1.54, 1.807) is 11.9 Å². The monoisotopic (exact) mass is 379 g/mol. The van der Waals surface area contributed by atoms with Crippen molar-refractivity contribution in [2.24, 2.45) is 0 Å². The van der Waals surface area contributed by atoms with E-state index in [2.05, 4.69) is 4.90 Å². The standard InChI is InChI=1S/C19H29N3O5/c1-20(13-17-5-3-16(4-6-17)7-12-23)8-10-22(15-19(26)27)11-9-21(2)14-18(24)25/h3-6,12H,7-11,13-15H2,1-2H3,(H,24,25)(H,26,27). The van der Waals surface area contributed by atoms with Gasteiger partial charge < -0.3 is 19.9 Å². The molecule has 0 radical (unpaired) electrons. The predicted octanol–water partition coefficient (Wildman–Crippen LogP) is 0.263. The molecule has 0 atom stereocenters. The van der Waals surface area contributed by atoms with Crippen LogP contribution >= 0.6 is 0 Å². The molecule has 0 unspecified atom stereocenters. The van der Waals surface area contributed by atoms with E-state index in [1.165, 1.54) is 0 Å². The molecule has 0 aliphatic carbocycles. The summed E-state index contributed by atoms with van der Waals surface area (Å²) >= 11 is 0. The third kappa shape index (κ3) is 10.4. The SMILES string of the molecule is CN(CCN(CCN(C)Cc1ccc(CC=O)cc1)CC(=O)O)CC(=O)O. The summed E-state index contributed by atoms with van der Waals surface area (Å²) in [5.74, 6) is -1.80. The van der Waals surface area contributed by atoms with Crippen LogP contribution in [0.5, 0.6) is 0 Å². The van der Waals surface area contributed by atoms with E-state index in [4.69, 9.17) is 10.2 Å². The van der Waals surface area contributed by atoms with Crippen molar-refractivity contribution in [1.82, 2.24) is 14.7 Å². The van der Waals surface area contributed by atoms with Crippen LogP contribution in [-0.4, -0.2) is 96.5 Å². The molecule has 0 heterocycles. The number of nitrogens with zero attached hydrogens (tertiary/aromatic N) is 3. The van der Waals surface area contributed by atoms with E-state index in [0.29, 0.717) is 32.6 Å². The minimum absolute atomic E-state index is 0.0685. The molecule has 8 heteroatoms. The third-order valence-electron chi connectivity index (χ3n) is 4.15. The maximum Gasteiger partial charge on any atom is 0.317 e. The van der Waals surface area contributed by atoms with Crippen molar-refractivity contribution < 1.29 is 24.6 Å². The molecular formula is C19H29N3O5. The number of benzene rings is 1. The largest absolute Gasteiger partial charge is 0.480 e. The molecule has 0 aromatic heterocycles. The van der Waals surface area contributed by atoms with Crippen molar-refractivity contribution in [2.45, 2.75) is 13.0 Å². The first-order valence-corrected chi connectivity index (χ1v) is 8.84. The molecule has 0 bridgehead atoms. The van der Waals surface area contributed by atoms with Crippen LogP contribution < -0.4 is 0 Å². The molecule has 0 amide bonds. The van der Waals surface area contributed by atoms with Gasteiger partial charge in [-0.15, -0.1) is 0 Å². The second-order valence-corrected chi connectivity index (χ2v) is 6.73. The predicted molar refractivity (Wildman–Crippen MR) is 102 cm³/mol. The second kappa shape index (κ2) is 12.2. The lowest BCUT2D eigenvalue weighted by Gasteiger charge is -2.26. The summed E-state index contributed by atoms with van der Waals surface area (Å²) < 4.78 is 0. The summed E-state index contributed by atoms with van der Waals surface area (Å²) in [4.78, 5) is 37.9. The van der Waals surface area contributed by atoms with E-state index < -0.39 is 11.9 Å². The molecule has 1 rings (SSSR count). The van der Waals surface area contributed by atoms with Gasteiger partial charge in [0, 0.05) is 39.1 Å². The van der Waals surface area contributed by atoms with Crippen LogP contribution in [0.25, 0.3) is 0 Å². The Hall–Kier alpha value is -2.29. The van der Waals surface area contributed by atoms with E-state index in [0.717, 1.165) is 24.0 Å².